The molecule has 2 saturated carbocycles. The SMILES string of the molecule is CC1(Oc2cc(-n3ccc4cc(OCc5ccccc5)ccc43)nc(NC3CCC(O)CC3)n2)CCC(Nc2nccc(-n3ncc4ccccc43)n2)CC1. The first kappa shape index (κ1) is 34.7. The van der Waals surface area contributed by atoms with E-state index in [9.17, 15) is 5.11 Å². The molecule has 3 N–H and O–H groups in total. The van der Waals surface area contributed by atoms with Gasteiger partial charge in [0.25, 0.3) is 0 Å². The predicted octanol–water partition coefficient (Wildman–Crippen LogP) is 8.04. The fourth-order valence-corrected chi connectivity index (χ4v) is 7.81. The van der Waals surface area contributed by atoms with Crippen LogP contribution in [0.25, 0.3) is 33.4 Å². The third kappa shape index (κ3) is 7.81. The topological polar surface area (TPSA) is 137 Å². The van der Waals surface area contributed by atoms with E-state index in [0.717, 1.165) is 96.1 Å². The molecule has 55 heavy (non-hydrogen) atoms. The maximum atomic E-state index is 10.1. The van der Waals surface area contributed by atoms with Gasteiger partial charge in [0.05, 0.1) is 23.3 Å². The molecule has 3 aromatic carbocycles. The maximum Gasteiger partial charge on any atom is 0.228 e. The molecule has 0 radical (unpaired) electrons. The highest BCUT2D eigenvalue weighted by molar-refractivity contribution is 5.83. The fourth-order valence-electron chi connectivity index (χ4n) is 7.81. The van der Waals surface area contributed by atoms with E-state index in [1.807, 2.05) is 77.7 Å². The van der Waals surface area contributed by atoms with Gasteiger partial charge >= 0.3 is 0 Å². The largest absolute Gasteiger partial charge is 0.489 e. The quantitative estimate of drug-likeness (QED) is 0.120. The molecule has 2 aliphatic carbocycles. The summed E-state index contributed by atoms with van der Waals surface area (Å²) in [7, 11) is 0. The van der Waals surface area contributed by atoms with Crippen LogP contribution in [-0.2, 0) is 6.61 Å². The Morgan fingerprint density at radius 2 is 1.51 bits per heavy atom. The van der Waals surface area contributed by atoms with Crippen LogP contribution in [-0.4, -0.2) is 63.2 Å². The zero-order chi connectivity index (χ0) is 37.2. The van der Waals surface area contributed by atoms with Gasteiger partial charge in [0.15, 0.2) is 5.82 Å². The summed E-state index contributed by atoms with van der Waals surface area (Å²) in [6.07, 6.45) is 12.1. The van der Waals surface area contributed by atoms with Crippen LogP contribution >= 0.6 is 0 Å². The number of hydrogen-bond acceptors (Lipinski definition) is 10. The Morgan fingerprint density at radius 3 is 2.36 bits per heavy atom. The second-order valence-electron chi connectivity index (χ2n) is 15.0. The highest BCUT2D eigenvalue weighted by Gasteiger charge is 2.34. The lowest BCUT2D eigenvalue weighted by atomic mass is 9.83. The number of nitrogens with zero attached hydrogens (tertiary/aromatic N) is 7. The number of aliphatic hydroxyl groups is 1. The molecule has 12 nitrogen and oxygen atoms in total. The molecular weight excluding hydrogens is 691 g/mol. The zero-order valence-electron chi connectivity index (χ0n) is 30.9. The molecule has 12 heteroatoms. The number of aliphatic hydroxyl groups excluding tert-OH is 1. The van der Waals surface area contributed by atoms with E-state index in [2.05, 4.69) is 62.5 Å². The summed E-state index contributed by atoms with van der Waals surface area (Å²) in [6.45, 7) is 2.68. The Kier molecular flexibility index (Phi) is 9.49. The van der Waals surface area contributed by atoms with Crippen molar-refractivity contribution in [1.29, 1.82) is 0 Å². The Balaban J connectivity index is 0.912. The van der Waals surface area contributed by atoms with Crippen LogP contribution in [0.4, 0.5) is 11.9 Å². The van der Waals surface area contributed by atoms with Crippen LogP contribution in [0.5, 0.6) is 11.6 Å². The Hall–Kier alpha value is -6.01. The van der Waals surface area contributed by atoms with Crippen molar-refractivity contribution in [2.24, 2.45) is 0 Å². The van der Waals surface area contributed by atoms with Crippen molar-refractivity contribution >= 4 is 33.7 Å². The second kappa shape index (κ2) is 15.0. The number of nitrogens with one attached hydrogen (secondary N) is 2. The lowest BCUT2D eigenvalue weighted by molar-refractivity contribution is 0.0409. The summed E-state index contributed by atoms with van der Waals surface area (Å²) in [6, 6.07) is 30.7. The number of benzene rings is 3. The molecule has 0 atom stereocenters. The first-order valence-corrected chi connectivity index (χ1v) is 19.3. The number of ether oxygens (including phenoxy) is 2. The summed E-state index contributed by atoms with van der Waals surface area (Å²) >= 11 is 0. The molecule has 4 aromatic heterocycles. The van der Waals surface area contributed by atoms with Gasteiger partial charge in [-0.25, -0.2) is 9.67 Å². The molecule has 0 spiro atoms. The van der Waals surface area contributed by atoms with Gasteiger partial charge < -0.3 is 29.8 Å². The van der Waals surface area contributed by atoms with Gasteiger partial charge in [-0.15, -0.1) is 0 Å². The fraction of sp³-hybridized carbons (Fsp3) is 0.326. The number of rotatable bonds is 11. The van der Waals surface area contributed by atoms with Crippen LogP contribution in [0.1, 0.15) is 63.9 Å². The van der Waals surface area contributed by atoms with Crippen molar-refractivity contribution in [2.75, 3.05) is 10.6 Å². The van der Waals surface area contributed by atoms with Gasteiger partial charge in [0.2, 0.25) is 17.8 Å². The molecule has 9 rings (SSSR count). The Morgan fingerprint density at radius 1 is 0.745 bits per heavy atom. The number of anilines is 2. The molecule has 0 unspecified atom stereocenters. The van der Waals surface area contributed by atoms with E-state index in [1.165, 1.54) is 0 Å². The molecule has 0 amide bonds. The number of aromatic nitrogens is 7. The minimum Gasteiger partial charge on any atom is -0.489 e. The lowest BCUT2D eigenvalue weighted by Crippen LogP contribution is -2.41. The van der Waals surface area contributed by atoms with E-state index in [1.54, 1.807) is 6.20 Å². The third-order valence-corrected chi connectivity index (χ3v) is 10.9. The monoisotopic (exact) mass is 735 g/mol. The molecule has 2 fully saturated rings. The Bertz CT molecular complexity index is 2400. The summed E-state index contributed by atoms with van der Waals surface area (Å²) in [5, 5.41) is 23.9. The molecule has 2 aliphatic rings. The van der Waals surface area contributed by atoms with Gasteiger partial charge in [0, 0.05) is 47.4 Å². The molecule has 7 aromatic rings. The van der Waals surface area contributed by atoms with E-state index in [4.69, 9.17) is 24.4 Å². The van der Waals surface area contributed by atoms with Gasteiger partial charge in [-0.05, 0) is 94.2 Å². The number of fused-ring (bicyclic) bond motifs is 2. The third-order valence-electron chi connectivity index (χ3n) is 10.9. The minimum atomic E-state index is -0.420. The van der Waals surface area contributed by atoms with Crippen molar-refractivity contribution < 1.29 is 14.6 Å². The summed E-state index contributed by atoms with van der Waals surface area (Å²) in [5.41, 5.74) is 2.72. The van der Waals surface area contributed by atoms with E-state index in [-0.39, 0.29) is 18.2 Å². The van der Waals surface area contributed by atoms with E-state index in [0.29, 0.717) is 24.4 Å². The van der Waals surface area contributed by atoms with E-state index < -0.39 is 5.60 Å². The zero-order valence-corrected chi connectivity index (χ0v) is 30.9. The van der Waals surface area contributed by atoms with Gasteiger partial charge in [-0.1, -0.05) is 48.5 Å². The van der Waals surface area contributed by atoms with Crippen molar-refractivity contribution in [3.8, 4) is 23.3 Å². The molecule has 0 bridgehead atoms. The van der Waals surface area contributed by atoms with Gasteiger partial charge in [-0.2, -0.15) is 20.1 Å². The molecule has 0 aliphatic heterocycles. The average molecular weight is 736 g/mol. The molecule has 0 saturated heterocycles. The summed E-state index contributed by atoms with van der Waals surface area (Å²) < 4.78 is 16.8. The first-order chi connectivity index (χ1) is 26.9. The van der Waals surface area contributed by atoms with Crippen LogP contribution in [0.3, 0.4) is 0 Å². The number of para-hydroxylation sites is 1. The van der Waals surface area contributed by atoms with Crippen molar-refractivity contribution in [3.05, 3.63) is 115 Å². The smallest absolute Gasteiger partial charge is 0.228 e. The van der Waals surface area contributed by atoms with Gasteiger partial charge in [-0.3, -0.25) is 0 Å². The van der Waals surface area contributed by atoms with Crippen molar-refractivity contribution in [3.63, 3.8) is 0 Å². The second-order valence-corrected chi connectivity index (χ2v) is 15.0. The van der Waals surface area contributed by atoms with E-state index >= 15 is 0 Å². The highest BCUT2D eigenvalue weighted by atomic mass is 16.5. The Labute approximate surface area is 319 Å². The molecule has 4 heterocycles. The average Bonchev–Trinajstić information content (AvgIpc) is 3.84. The minimum absolute atomic E-state index is 0.182. The normalized spacial score (nSPS) is 21.4. The number of hydrogen-bond donors (Lipinski definition) is 3. The summed E-state index contributed by atoms with van der Waals surface area (Å²) in [4.78, 5) is 19.2. The summed E-state index contributed by atoms with van der Waals surface area (Å²) in [5.74, 6) is 3.91. The maximum absolute atomic E-state index is 10.1. The van der Waals surface area contributed by atoms with Crippen molar-refractivity contribution in [2.45, 2.75) is 88.7 Å². The lowest BCUT2D eigenvalue weighted by Gasteiger charge is -2.37. The molecule has 280 valence electrons. The van der Waals surface area contributed by atoms with Crippen LogP contribution in [0.15, 0.2) is 110 Å². The first-order valence-electron chi connectivity index (χ1n) is 19.3. The van der Waals surface area contributed by atoms with Gasteiger partial charge in [0.1, 0.15) is 23.8 Å². The molecular formula is C43H45N9O3. The van der Waals surface area contributed by atoms with Crippen LogP contribution in [0.2, 0.25) is 0 Å². The standard InChI is InChI=1S/C43H45N9O3/c1-43(21-17-33(18-22-43)46-41-44-23-19-38(48-41)52-37-10-6-5-9-31(37)27-45-52)55-40-26-39(49-42(50-40)47-32-11-13-34(53)14-12-32)51-24-20-30-25-35(15-16-36(30)51)54-28-29-7-3-2-4-8-29/h2-10,15-16,19-20,23-27,32-34,53H,11-14,17-18,21-22,28H2,1H3,(H,44,46,48)(H,47,49,50). The van der Waals surface area contributed by atoms with Crippen LogP contribution in [0, 0.1) is 0 Å². The predicted molar refractivity (Wildman–Crippen MR) is 213 cm³/mol. The van der Waals surface area contributed by atoms with Crippen LogP contribution < -0.4 is 20.1 Å². The van der Waals surface area contributed by atoms with Crippen molar-refractivity contribution in [1.82, 2.24) is 34.3 Å². The highest BCUT2D eigenvalue weighted by Crippen LogP contribution is 2.35.